The highest BCUT2D eigenvalue weighted by molar-refractivity contribution is 5.82. The van der Waals surface area contributed by atoms with Crippen molar-refractivity contribution in [2.24, 2.45) is 0 Å². The molecule has 0 bridgehead atoms. The number of ether oxygens (including phenoxy) is 2. The average Bonchev–Trinajstić information content (AvgIpc) is 2.70. The number of carbonyl (C=O) groups excluding carboxylic acids is 2. The van der Waals surface area contributed by atoms with Gasteiger partial charge in [-0.3, -0.25) is 4.90 Å². The predicted molar refractivity (Wildman–Crippen MR) is 59.4 cm³/mol. The van der Waals surface area contributed by atoms with Crippen LogP contribution in [0.15, 0.2) is 0 Å². The second kappa shape index (κ2) is 6.44. The van der Waals surface area contributed by atoms with Gasteiger partial charge in [0.25, 0.3) is 0 Å². The summed E-state index contributed by atoms with van der Waals surface area (Å²) >= 11 is 0. The summed E-state index contributed by atoms with van der Waals surface area (Å²) in [5.74, 6) is -0.519. The maximum absolute atomic E-state index is 11.7. The first-order valence-corrected chi connectivity index (χ1v) is 5.79. The molecule has 0 aliphatic carbocycles. The van der Waals surface area contributed by atoms with Gasteiger partial charge in [0, 0.05) is 6.42 Å². The minimum atomic E-state index is -0.732. The zero-order valence-corrected chi connectivity index (χ0v) is 10.2. The Kier molecular flexibility index (Phi) is 5.21. The van der Waals surface area contributed by atoms with Crippen molar-refractivity contribution in [2.45, 2.75) is 38.3 Å². The molecule has 0 radical (unpaired) electrons. The number of β-amino-alcohol motifs (C(OH)–C–C–N with tert-alkyl or cyclic N) is 1. The molecule has 0 spiro atoms. The molecule has 0 aromatic carbocycles. The molecule has 1 fully saturated rings. The fourth-order valence-electron chi connectivity index (χ4n) is 1.76. The monoisotopic (exact) mass is 245 g/mol. The van der Waals surface area contributed by atoms with E-state index < -0.39 is 24.2 Å². The molecule has 1 N–H and O–H groups in total. The molecule has 6 nitrogen and oxygen atoms in total. The standard InChI is InChI=1S/C11H19NO5/c1-3-4-5-17-11(15)12-7-8(13)6-9(12)10(14)16-2/h8-9,13H,3-7H2,1-2H3/t8-,9+/m1/s1. The third-order valence-electron chi connectivity index (χ3n) is 2.71. The van der Waals surface area contributed by atoms with Crippen molar-refractivity contribution in [3.8, 4) is 0 Å². The van der Waals surface area contributed by atoms with Crippen LogP contribution in [0.5, 0.6) is 0 Å². The Morgan fingerprint density at radius 1 is 1.47 bits per heavy atom. The van der Waals surface area contributed by atoms with Crippen molar-refractivity contribution < 1.29 is 24.2 Å². The van der Waals surface area contributed by atoms with Gasteiger partial charge in [-0.2, -0.15) is 0 Å². The van der Waals surface area contributed by atoms with E-state index in [0.29, 0.717) is 6.61 Å². The lowest BCUT2D eigenvalue weighted by Gasteiger charge is -2.21. The van der Waals surface area contributed by atoms with Crippen LogP contribution in [0.1, 0.15) is 26.2 Å². The summed E-state index contributed by atoms with van der Waals surface area (Å²) in [5, 5.41) is 9.48. The zero-order chi connectivity index (χ0) is 12.8. The molecule has 1 rings (SSSR count). The minimum Gasteiger partial charge on any atom is -0.467 e. The molecule has 98 valence electrons. The third kappa shape index (κ3) is 3.59. The molecule has 0 aromatic heterocycles. The van der Waals surface area contributed by atoms with Crippen LogP contribution in [0.3, 0.4) is 0 Å². The lowest BCUT2D eigenvalue weighted by atomic mass is 10.2. The van der Waals surface area contributed by atoms with Crippen LogP contribution < -0.4 is 0 Å². The number of aliphatic hydroxyl groups is 1. The maximum Gasteiger partial charge on any atom is 0.410 e. The Balaban J connectivity index is 2.54. The Bertz CT molecular complexity index is 281. The van der Waals surface area contributed by atoms with Crippen LogP contribution in [0, 0.1) is 0 Å². The number of methoxy groups -OCH3 is 1. The smallest absolute Gasteiger partial charge is 0.410 e. The van der Waals surface area contributed by atoms with E-state index in [0.717, 1.165) is 12.8 Å². The average molecular weight is 245 g/mol. The number of aliphatic hydroxyl groups excluding tert-OH is 1. The van der Waals surface area contributed by atoms with Gasteiger partial charge in [-0.05, 0) is 6.42 Å². The van der Waals surface area contributed by atoms with Crippen molar-refractivity contribution >= 4 is 12.1 Å². The summed E-state index contributed by atoms with van der Waals surface area (Å²) < 4.78 is 9.60. The SMILES string of the molecule is CCCCOC(=O)N1C[C@H](O)C[C@H]1C(=O)OC. The molecule has 1 saturated heterocycles. The zero-order valence-electron chi connectivity index (χ0n) is 10.2. The van der Waals surface area contributed by atoms with Crippen molar-refractivity contribution in [1.29, 1.82) is 0 Å². The number of esters is 1. The summed E-state index contributed by atoms with van der Waals surface area (Å²) in [5.41, 5.74) is 0. The lowest BCUT2D eigenvalue weighted by Crippen LogP contribution is -2.41. The molecular formula is C11H19NO5. The van der Waals surface area contributed by atoms with Gasteiger partial charge < -0.3 is 14.6 Å². The number of likely N-dealkylation sites (tertiary alicyclic amines) is 1. The van der Waals surface area contributed by atoms with Crippen LogP contribution in [-0.2, 0) is 14.3 Å². The Morgan fingerprint density at radius 2 is 2.18 bits per heavy atom. The minimum absolute atomic E-state index is 0.116. The second-order valence-electron chi connectivity index (χ2n) is 4.05. The summed E-state index contributed by atoms with van der Waals surface area (Å²) in [4.78, 5) is 24.3. The molecule has 1 heterocycles. The Labute approximate surface area is 100 Å². The van der Waals surface area contributed by atoms with E-state index in [2.05, 4.69) is 4.74 Å². The Hall–Kier alpha value is -1.30. The van der Waals surface area contributed by atoms with E-state index in [1.54, 1.807) is 0 Å². The van der Waals surface area contributed by atoms with Gasteiger partial charge in [-0.1, -0.05) is 13.3 Å². The van der Waals surface area contributed by atoms with Crippen LogP contribution in [0.25, 0.3) is 0 Å². The van der Waals surface area contributed by atoms with Crippen molar-refractivity contribution in [2.75, 3.05) is 20.3 Å². The summed E-state index contributed by atoms with van der Waals surface area (Å²) in [7, 11) is 1.26. The van der Waals surface area contributed by atoms with E-state index in [-0.39, 0.29) is 13.0 Å². The van der Waals surface area contributed by atoms with E-state index >= 15 is 0 Å². The highest BCUT2D eigenvalue weighted by atomic mass is 16.6. The molecule has 0 saturated carbocycles. The predicted octanol–water partition coefficient (Wildman–Crippen LogP) is 0.531. The summed E-state index contributed by atoms with van der Waals surface area (Å²) in [6.07, 6.45) is 0.653. The molecule has 1 aliphatic heterocycles. The maximum atomic E-state index is 11.7. The molecule has 2 atom stereocenters. The van der Waals surface area contributed by atoms with Gasteiger partial charge in [-0.15, -0.1) is 0 Å². The van der Waals surface area contributed by atoms with Gasteiger partial charge in [-0.25, -0.2) is 9.59 Å². The van der Waals surface area contributed by atoms with Crippen molar-refractivity contribution in [1.82, 2.24) is 4.90 Å². The quantitative estimate of drug-likeness (QED) is 0.577. The topological polar surface area (TPSA) is 76.1 Å². The van der Waals surface area contributed by atoms with Gasteiger partial charge >= 0.3 is 12.1 Å². The number of unbranched alkanes of at least 4 members (excludes halogenated alkanes) is 1. The van der Waals surface area contributed by atoms with Gasteiger partial charge in [0.05, 0.1) is 26.4 Å². The lowest BCUT2D eigenvalue weighted by molar-refractivity contribution is -0.145. The normalized spacial score (nSPS) is 23.6. The largest absolute Gasteiger partial charge is 0.467 e. The van der Waals surface area contributed by atoms with Crippen LogP contribution >= 0.6 is 0 Å². The molecule has 17 heavy (non-hydrogen) atoms. The number of rotatable bonds is 4. The highest BCUT2D eigenvalue weighted by Crippen LogP contribution is 2.20. The fraction of sp³-hybridized carbons (Fsp3) is 0.818. The van der Waals surface area contributed by atoms with Gasteiger partial charge in [0.15, 0.2) is 0 Å². The van der Waals surface area contributed by atoms with Crippen LogP contribution in [0.4, 0.5) is 4.79 Å². The number of hydrogen-bond donors (Lipinski definition) is 1. The molecule has 1 amide bonds. The van der Waals surface area contributed by atoms with Gasteiger partial charge in [0.1, 0.15) is 6.04 Å². The molecule has 0 aromatic rings. The number of amides is 1. The van der Waals surface area contributed by atoms with Crippen LogP contribution in [-0.4, -0.2) is 54.5 Å². The van der Waals surface area contributed by atoms with Crippen LogP contribution in [0.2, 0.25) is 0 Å². The fourth-order valence-corrected chi connectivity index (χ4v) is 1.76. The van der Waals surface area contributed by atoms with E-state index in [9.17, 15) is 14.7 Å². The van der Waals surface area contributed by atoms with E-state index in [1.165, 1.54) is 12.0 Å². The van der Waals surface area contributed by atoms with E-state index in [4.69, 9.17) is 4.74 Å². The number of carbonyl (C=O) groups is 2. The van der Waals surface area contributed by atoms with Gasteiger partial charge in [0.2, 0.25) is 0 Å². The summed E-state index contributed by atoms with van der Waals surface area (Å²) in [6, 6.07) is -0.732. The first-order valence-electron chi connectivity index (χ1n) is 5.79. The molecule has 0 unspecified atom stereocenters. The first kappa shape index (κ1) is 13.8. The number of nitrogens with zero attached hydrogens (tertiary/aromatic N) is 1. The molecule has 6 heteroatoms. The Morgan fingerprint density at radius 3 is 2.76 bits per heavy atom. The third-order valence-corrected chi connectivity index (χ3v) is 2.71. The number of hydrogen-bond acceptors (Lipinski definition) is 5. The second-order valence-corrected chi connectivity index (χ2v) is 4.05. The van der Waals surface area contributed by atoms with Crippen molar-refractivity contribution in [3.63, 3.8) is 0 Å². The first-order chi connectivity index (χ1) is 8.10. The molecule has 1 aliphatic rings. The van der Waals surface area contributed by atoms with Crippen molar-refractivity contribution in [3.05, 3.63) is 0 Å². The molecular weight excluding hydrogens is 226 g/mol. The highest BCUT2D eigenvalue weighted by Gasteiger charge is 2.40. The van der Waals surface area contributed by atoms with E-state index in [1.807, 2.05) is 6.92 Å². The summed E-state index contributed by atoms with van der Waals surface area (Å²) in [6.45, 7) is 2.44.